The third kappa shape index (κ3) is 4.52. The SMILES string of the molecule is CC(CCNCc1ccc(Cl)cc1Cl)c1ccccc1. The van der Waals surface area contributed by atoms with Crippen LogP contribution in [0.1, 0.15) is 30.4 Å². The third-order valence-electron chi connectivity index (χ3n) is 3.45. The van der Waals surface area contributed by atoms with Gasteiger partial charge in [0, 0.05) is 16.6 Å². The van der Waals surface area contributed by atoms with Crippen LogP contribution in [0.25, 0.3) is 0 Å². The number of benzene rings is 2. The van der Waals surface area contributed by atoms with Crippen molar-refractivity contribution in [2.75, 3.05) is 6.54 Å². The maximum atomic E-state index is 6.14. The van der Waals surface area contributed by atoms with E-state index in [-0.39, 0.29) is 0 Å². The summed E-state index contributed by atoms with van der Waals surface area (Å²) in [5.41, 5.74) is 2.47. The van der Waals surface area contributed by atoms with Crippen LogP contribution in [0.4, 0.5) is 0 Å². The molecule has 0 aliphatic heterocycles. The van der Waals surface area contributed by atoms with E-state index in [0.717, 1.165) is 30.1 Å². The van der Waals surface area contributed by atoms with Gasteiger partial charge in [-0.25, -0.2) is 0 Å². The molecular weight excluding hydrogens is 289 g/mol. The minimum Gasteiger partial charge on any atom is -0.313 e. The van der Waals surface area contributed by atoms with Gasteiger partial charge in [-0.1, -0.05) is 66.5 Å². The minimum atomic E-state index is 0.560. The molecule has 2 aromatic carbocycles. The number of rotatable bonds is 6. The van der Waals surface area contributed by atoms with E-state index in [4.69, 9.17) is 23.2 Å². The van der Waals surface area contributed by atoms with Crippen LogP contribution >= 0.6 is 23.2 Å². The van der Waals surface area contributed by atoms with E-state index in [0.29, 0.717) is 10.9 Å². The van der Waals surface area contributed by atoms with E-state index in [2.05, 4.69) is 42.6 Å². The molecule has 106 valence electrons. The number of nitrogens with one attached hydrogen (secondary N) is 1. The van der Waals surface area contributed by atoms with Crippen LogP contribution < -0.4 is 5.32 Å². The summed E-state index contributed by atoms with van der Waals surface area (Å²) in [5, 5.41) is 4.84. The summed E-state index contributed by atoms with van der Waals surface area (Å²) < 4.78 is 0. The first-order chi connectivity index (χ1) is 9.66. The molecule has 2 aromatic rings. The molecule has 1 N–H and O–H groups in total. The van der Waals surface area contributed by atoms with Crippen LogP contribution in [0.3, 0.4) is 0 Å². The molecular formula is C17H19Cl2N. The lowest BCUT2D eigenvalue weighted by atomic mass is 9.98. The Labute approximate surface area is 130 Å². The molecule has 2 rings (SSSR count). The van der Waals surface area contributed by atoms with Gasteiger partial charge in [0.05, 0.1) is 0 Å². The van der Waals surface area contributed by atoms with Crippen molar-refractivity contribution in [3.8, 4) is 0 Å². The molecule has 3 heteroatoms. The van der Waals surface area contributed by atoms with E-state index in [1.165, 1.54) is 5.56 Å². The zero-order valence-corrected chi connectivity index (χ0v) is 13.1. The van der Waals surface area contributed by atoms with Gasteiger partial charge in [-0.05, 0) is 42.1 Å². The second kappa shape index (κ2) is 7.68. The number of hydrogen-bond donors (Lipinski definition) is 1. The molecule has 0 aromatic heterocycles. The lowest BCUT2D eigenvalue weighted by Crippen LogP contribution is -2.16. The molecule has 1 atom stereocenters. The molecule has 1 nitrogen and oxygen atoms in total. The van der Waals surface area contributed by atoms with Crippen molar-refractivity contribution < 1.29 is 0 Å². The highest BCUT2D eigenvalue weighted by atomic mass is 35.5. The van der Waals surface area contributed by atoms with Crippen molar-refractivity contribution in [1.82, 2.24) is 5.32 Å². The van der Waals surface area contributed by atoms with Gasteiger partial charge in [-0.3, -0.25) is 0 Å². The standard InChI is InChI=1S/C17H19Cl2N/c1-13(14-5-3-2-4-6-14)9-10-20-12-15-7-8-16(18)11-17(15)19/h2-8,11,13,20H,9-10,12H2,1H3. The van der Waals surface area contributed by atoms with Crippen LogP contribution in [-0.2, 0) is 6.54 Å². The van der Waals surface area contributed by atoms with Gasteiger partial charge >= 0.3 is 0 Å². The van der Waals surface area contributed by atoms with Crippen molar-refractivity contribution in [2.45, 2.75) is 25.8 Å². The van der Waals surface area contributed by atoms with E-state index >= 15 is 0 Å². The predicted molar refractivity (Wildman–Crippen MR) is 87.6 cm³/mol. The van der Waals surface area contributed by atoms with Crippen molar-refractivity contribution in [3.63, 3.8) is 0 Å². The quantitative estimate of drug-likeness (QED) is 0.716. The fourth-order valence-corrected chi connectivity index (χ4v) is 2.63. The molecule has 0 bridgehead atoms. The second-order valence-electron chi connectivity index (χ2n) is 5.01. The zero-order valence-electron chi connectivity index (χ0n) is 11.6. The molecule has 0 aliphatic rings. The van der Waals surface area contributed by atoms with Crippen molar-refractivity contribution in [1.29, 1.82) is 0 Å². The Morgan fingerprint density at radius 2 is 1.80 bits per heavy atom. The van der Waals surface area contributed by atoms with E-state index in [1.54, 1.807) is 6.07 Å². The Balaban J connectivity index is 1.76. The van der Waals surface area contributed by atoms with E-state index in [1.807, 2.05) is 12.1 Å². The summed E-state index contributed by atoms with van der Waals surface area (Å²) in [4.78, 5) is 0. The zero-order chi connectivity index (χ0) is 14.4. The van der Waals surface area contributed by atoms with E-state index in [9.17, 15) is 0 Å². The Bertz CT molecular complexity index is 540. The molecule has 1 unspecified atom stereocenters. The second-order valence-corrected chi connectivity index (χ2v) is 5.86. The fourth-order valence-electron chi connectivity index (χ4n) is 2.15. The van der Waals surface area contributed by atoms with Crippen LogP contribution in [0.15, 0.2) is 48.5 Å². The van der Waals surface area contributed by atoms with Gasteiger partial charge in [-0.15, -0.1) is 0 Å². The highest BCUT2D eigenvalue weighted by molar-refractivity contribution is 6.35. The molecule has 0 fully saturated rings. The van der Waals surface area contributed by atoms with Gasteiger partial charge in [0.15, 0.2) is 0 Å². The molecule has 0 heterocycles. The highest BCUT2D eigenvalue weighted by Crippen LogP contribution is 2.21. The maximum absolute atomic E-state index is 6.14. The van der Waals surface area contributed by atoms with Crippen molar-refractivity contribution >= 4 is 23.2 Å². The molecule has 0 radical (unpaired) electrons. The molecule has 0 saturated heterocycles. The molecule has 0 spiro atoms. The van der Waals surface area contributed by atoms with Gasteiger partial charge < -0.3 is 5.32 Å². The summed E-state index contributed by atoms with van der Waals surface area (Å²) in [6.07, 6.45) is 1.11. The van der Waals surface area contributed by atoms with Crippen LogP contribution in [0.2, 0.25) is 10.0 Å². The van der Waals surface area contributed by atoms with Crippen molar-refractivity contribution in [2.24, 2.45) is 0 Å². The monoisotopic (exact) mass is 307 g/mol. The van der Waals surface area contributed by atoms with Crippen LogP contribution in [0, 0.1) is 0 Å². The largest absolute Gasteiger partial charge is 0.313 e. The van der Waals surface area contributed by atoms with Gasteiger partial charge in [0.1, 0.15) is 0 Å². The lowest BCUT2D eigenvalue weighted by molar-refractivity contribution is 0.594. The van der Waals surface area contributed by atoms with Crippen LogP contribution in [-0.4, -0.2) is 6.54 Å². The van der Waals surface area contributed by atoms with Gasteiger partial charge in [-0.2, -0.15) is 0 Å². The first kappa shape index (κ1) is 15.4. The highest BCUT2D eigenvalue weighted by Gasteiger charge is 2.05. The number of hydrogen-bond acceptors (Lipinski definition) is 1. The third-order valence-corrected chi connectivity index (χ3v) is 4.04. The van der Waals surface area contributed by atoms with E-state index < -0.39 is 0 Å². The molecule has 20 heavy (non-hydrogen) atoms. The molecule has 0 saturated carbocycles. The minimum absolute atomic E-state index is 0.560. The van der Waals surface area contributed by atoms with Gasteiger partial charge in [0.2, 0.25) is 0 Å². The Hall–Kier alpha value is -1.02. The molecule has 0 aliphatic carbocycles. The van der Waals surface area contributed by atoms with Gasteiger partial charge in [0.25, 0.3) is 0 Å². The summed E-state index contributed by atoms with van der Waals surface area (Å²) in [6.45, 7) is 4.00. The maximum Gasteiger partial charge on any atom is 0.0465 e. The number of halogens is 2. The Morgan fingerprint density at radius 1 is 1.05 bits per heavy atom. The fraction of sp³-hybridized carbons (Fsp3) is 0.294. The smallest absolute Gasteiger partial charge is 0.0465 e. The topological polar surface area (TPSA) is 12.0 Å². The average Bonchev–Trinajstić information content (AvgIpc) is 2.46. The predicted octanol–water partition coefficient (Wildman–Crippen LogP) is 5.28. The summed E-state index contributed by atoms with van der Waals surface area (Å²) in [7, 11) is 0. The lowest BCUT2D eigenvalue weighted by Gasteiger charge is -2.13. The average molecular weight is 308 g/mol. The Kier molecular flexibility index (Phi) is 5.90. The van der Waals surface area contributed by atoms with Crippen LogP contribution in [0.5, 0.6) is 0 Å². The summed E-state index contributed by atoms with van der Waals surface area (Å²) in [6, 6.07) is 16.2. The molecule has 0 amide bonds. The first-order valence-corrected chi connectivity index (χ1v) is 7.62. The first-order valence-electron chi connectivity index (χ1n) is 6.86. The normalized spacial score (nSPS) is 12.3. The summed E-state index contributed by atoms with van der Waals surface area (Å²) >= 11 is 12.0. The Morgan fingerprint density at radius 3 is 2.50 bits per heavy atom. The van der Waals surface area contributed by atoms with Crippen molar-refractivity contribution in [3.05, 3.63) is 69.7 Å². The summed E-state index contributed by atoms with van der Waals surface area (Å²) in [5.74, 6) is 0.560.